The van der Waals surface area contributed by atoms with Crippen LogP contribution in [0, 0.1) is 5.82 Å². The normalized spacial score (nSPS) is 13.6. The average Bonchev–Trinajstić information content (AvgIpc) is 2.95. The molecular formula is C27H22ClFN8O. The summed E-state index contributed by atoms with van der Waals surface area (Å²) in [5, 5.41) is 11.3. The van der Waals surface area contributed by atoms with Gasteiger partial charge in [-0.15, -0.1) is 0 Å². The van der Waals surface area contributed by atoms with Crippen LogP contribution in [0.1, 0.15) is 0 Å². The fraction of sp³-hybridized carbons (Fsp3) is 0.148. The maximum atomic E-state index is 14.8. The third-order valence-corrected chi connectivity index (χ3v) is 6.65. The standard InChI is InChI=1S/C27H22ClFN8O/c28-21-2-1-3-22(29)25(21)37-26(38)20-16-32-27(34-24(20)23(35-37)17-8-10-30-11-9-17)33-18-4-6-19(7-5-18)36-14-12-31-13-15-36/h1-11,16,31H,12-15H2,(H,32,33,34). The van der Waals surface area contributed by atoms with E-state index in [0.29, 0.717) is 22.7 Å². The van der Waals surface area contributed by atoms with Gasteiger partial charge in [-0.3, -0.25) is 9.78 Å². The Bertz CT molecular complexity index is 1650. The Morgan fingerprint density at radius 2 is 1.76 bits per heavy atom. The zero-order chi connectivity index (χ0) is 26.1. The highest BCUT2D eigenvalue weighted by molar-refractivity contribution is 6.32. The van der Waals surface area contributed by atoms with E-state index in [1.807, 2.05) is 12.1 Å². The van der Waals surface area contributed by atoms with Gasteiger partial charge < -0.3 is 15.5 Å². The van der Waals surface area contributed by atoms with Crippen LogP contribution < -0.4 is 21.1 Å². The summed E-state index contributed by atoms with van der Waals surface area (Å²) in [4.78, 5) is 28.8. The Kier molecular flexibility index (Phi) is 6.40. The molecule has 0 spiro atoms. The van der Waals surface area contributed by atoms with Crippen molar-refractivity contribution in [1.82, 2.24) is 30.0 Å². The highest BCUT2D eigenvalue weighted by Gasteiger charge is 2.20. The number of benzene rings is 2. The predicted molar refractivity (Wildman–Crippen MR) is 146 cm³/mol. The van der Waals surface area contributed by atoms with Gasteiger partial charge in [-0.2, -0.15) is 9.78 Å². The molecule has 11 heteroatoms. The topological polar surface area (TPSA) is 101 Å². The third kappa shape index (κ3) is 4.55. The number of hydrogen-bond donors (Lipinski definition) is 2. The molecule has 0 radical (unpaired) electrons. The molecule has 9 nitrogen and oxygen atoms in total. The van der Waals surface area contributed by atoms with Gasteiger partial charge in [0.05, 0.1) is 10.4 Å². The Morgan fingerprint density at radius 1 is 1.00 bits per heavy atom. The lowest BCUT2D eigenvalue weighted by atomic mass is 10.1. The van der Waals surface area contributed by atoms with E-state index in [1.165, 1.54) is 24.4 Å². The summed E-state index contributed by atoms with van der Waals surface area (Å²) in [6.07, 6.45) is 4.63. The molecule has 1 aliphatic rings. The summed E-state index contributed by atoms with van der Waals surface area (Å²) in [5.74, 6) is -0.374. The molecule has 190 valence electrons. The quantitative estimate of drug-likeness (QED) is 0.350. The number of hydrogen-bond acceptors (Lipinski definition) is 8. The molecule has 1 aliphatic heterocycles. The lowest BCUT2D eigenvalue weighted by molar-refractivity contribution is 0.589. The zero-order valence-electron chi connectivity index (χ0n) is 20.1. The molecule has 2 N–H and O–H groups in total. The molecule has 1 saturated heterocycles. The second-order valence-electron chi connectivity index (χ2n) is 8.74. The first-order chi connectivity index (χ1) is 18.6. The number of pyridine rings is 1. The summed E-state index contributed by atoms with van der Waals surface area (Å²) in [6.45, 7) is 3.84. The molecule has 0 amide bonds. The smallest absolute Gasteiger partial charge is 0.282 e. The molecule has 3 aromatic heterocycles. The van der Waals surface area contributed by atoms with Gasteiger partial charge in [-0.05, 0) is 48.5 Å². The summed E-state index contributed by atoms with van der Waals surface area (Å²) in [5.41, 5.74) is 2.55. The average molecular weight is 529 g/mol. The van der Waals surface area contributed by atoms with Gasteiger partial charge in [-0.1, -0.05) is 17.7 Å². The van der Waals surface area contributed by atoms with Crippen molar-refractivity contribution >= 4 is 39.8 Å². The van der Waals surface area contributed by atoms with Crippen LogP contribution in [0.15, 0.2) is 78.0 Å². The van der Waals surface area contributed by atoms with Crippen molar-refractivity contribution in [3.8, 4) is 16.9 Å². The van der Waals surface area contributed by atoms with Crippen molar-refractivity contribution in [2.24, 2.45) is 0 Å². The summed E-state index contributed by atoms with van der Waals surface area (Å²) < 4.78 is 15.7. The first-order valence-corrected chi connectivity index (χ1v) is 12.4. The van der Waals surface area contributed by atoms with Crippen molar-refractivity contribution < 1.29 is 4.39 Å². The molecule has 6 rings (SSSR count). The fourth-order valence-corrected chi connectivity index (χ4v) is 4.68. The Labute approximate surface area is 222 Å². The monoisotopic (exact) mass is 528 g/mol. The number of para-hydroxylation sites is 1. The fourth-order valence-electron chi connectivity index (χ4n) is 4.44. The minimum absolute atomic E-state index is 0.0584. The van der Waals surface area contributed by atoms with E-state index >= 15 is 0 Å². The van der Waals surface area contributed by atoms with E-state index in [1.54, 1.807) is 24.5 Å². The number of anilines is 3. The van der Waals surface area contributed by atoms with Gasteiger partial charge in [0.15, 0.2) is 5.82 Å². The first-order valence-electron chi connectivity index (χ1n) is 12.1. The van der Waals surface area contributed by atoms with Gasteiger partial charge in [0.2, 0.25) is 5.95 Å². The molecule has 2 aromatic carbocycles. The van der Waals surface area contributed by atoms with Crippen LogP contribution in [0.3, 0.4) is 0 Å². The van der Waals surface area contributed by atoms with Crippen molar-refractivity contribution in [2.75, 3.05) is 36.4 Å². The number of aromatic nitrogens is 5. The lowest BCUT2D eigenvalue weighted by Gasteiger charge is -2.29. The third-order valence-electron chi connectivity index (χ3n) is 6.34. The van der Waals surface area contributed by atoms with Crippen molar-refractivity contribution in [1.29, 1.82) is 0 Å². The molecule has 38 heavy (non-hydrogen) atoms. The molecule has 0 saturated carbocycles. The molecule has 0 unspecified atom stereocenters. The molecule has 4 heterocycles. The Hall–Kier alpha value is -4.41. The van der Waals surface area contributed by atoms with E-state index < -0.39 is 11.4 Å². The highest BCUT2D eigenvalue weighted by atomic mass is 35.5. The van der Waals surface area contributed by atoms with Crippen LogP contribution in [0.25, 0.3) is 27.8 Å². The maximum absolute atomic E-state index is 14.8. The summed E-state index contributed by atoms with van der Waals surface area (Å²) in [6, 6.07) is 15.7. The van der Waals surface area contributed by atoms with E-state index in [0.717, 1.165) is 42.2 Å². The highest BCUT2D eigenvalue weighted by Crippen LogP contribution is 2.28. The van der Waals surface area contributed by atoms with Gasteiger partial charge in [0.25, 0.3) is 5.56 Å². The second-order valence-corrected chi connectivity index (χ2v) is 9.14. The van der Waals surface area contributed by atoms with Crippen LogP contribution in [0.2, 0.25) is 5.02 Å². The largest absolute Gasteiger partial charge is 0.369 e. The number of nitrogens with one attached hydrogen (secondary N) is 2. The van der Waals surface area contributed by atoms with Crippen LogP contribution in [0.5, 0.6) is 0 Å². The first kappa shape index (κ1) is 24.0. The number of fused-ring (bicyclic) bond motifs is 1. The SMILES string of the molecule is O=c1c2cnc(Nc3ccc(N4CCNCC4)cc3)nc2c(-c2ccncc2)nn1-c1c(F)cccc1Cl. The number of halogens is 2. The number of piperazine rings is 1. The molecule has 0 bridgehead atoms. The number of nitrogens with zero attached hydrogens (tertiary/aromatic N) is 6. The van der Waals surface area contributed by atoms with E-state index in [9.17, 15) is 9.18 Å². The molecule has 0 aliphatic carbocycles. The Morgan fingerprint density at radius 3 is 2.50 bits per heavy atom. The Balaban J connectivity index is 1.43. The minimum atomic E-state index is -0.671. The van der Waals surface area contributed by atoms with Crippen LogP contribution in [-0.2, 0) is 0 Å². The zero-order valence-corrected chi connectivity index (χ0v) is 20.9. The second kappa shape index (κ2) is 10.2. The van der Waals surface area contributed by atoms with Gasteiger partial charge in [0.1, 0.15) is 16.9 Å². The van der Waals surface area contributed by atoms with Gasteiger partial charge in [-0.25, -0.2) is 14.4 Å². The van der Waals surface area contributed by atoms with Crippen LogP contribution in [0.4, 0.5) is 21.7 Å². The summed E-state index contributed by atoms with van der Waals surface area (Å²) in [7, 11) is 0. The molecular weight excluding hydrogens is 507 g/mol. The van der Waals surface area contributed by atoms with Crippen molar-refractivity contribution in [3.05, 3.63) is 94.4 Å². The van der Waals surface area contributed by atoms with E-state index in [4.69, 9.17) is 11.6 Å². The molecule has 5 aromatic rings. The van der Waals surface area contributed by atoms with Crippen molar-refractivity contribution in [3.63, 3.8) is 0 Å². The predicted octanol–water partition coefficient (Wildman–Crippen LogP) is 4.18. The summed E-state index contributed by atoms with van der Waals surface area (Å²) >= 11 is 6.26. The van der Waals surface area contributed by atoms with Gasteiger partial charge >= 0.3 is 0 Å². The van der Waals surface area contributed by atoms with Crippen LogP contribution >= 0.6 is 11.6 Å². The maximum Gasteiger partial charge on any atom is 0.282 e. The molecule has 0 atom stereocenters. The van der Waals surface area contributed by atoms with Crippen LogP contribution in [-0.4, -0.2) is 50.9 Å². The van der Waals surface area contributed by atoms with E-state index in [-0.39, 0.29) is 16.1 Å². The van der Waals surface area contributed by atoms with E-state index in [2.05, 4.69) is 47.7 Å². The minimum Gasteiger partial charge on any atom is -0.369 e. The van der Waals surface area contributed by atoms with Gasteiger partial charge in [0, 0.05) is 61.7 Å². The lowest BCUT2D eigenvalue weighted by Crippen LogP contribution is -2.43. The molecule has 1 fully saturated rings. The number of rotatable bonds is 5. The van der Waals surface area contributed by atoms with Crippen molar-refractivity contribution in [2.45, 2.75) is 0 Å².